The standard InChI is InChI=1S/C25H20Cl2N6OS/c1-15-21(23(34)30-17-8-6-12-28-13-17)22(18-9-3-5-11-20(18)27)33-24(29-15)31-25(32-33)35-14-16-7-2-4-10-19(16)26/h2-13,22H,14H2,1H3,(H,30,34)(H,29,31,32). The maximum absolute atomic E-state index is 13.5. The van der Waals surface area contributed by atoms with Crippen LogP contribution in [0.3, 0.4) is 0 Å². The van der Waals surface area contributed by atoms with Gasteiger partial charge >= 0.3 is 0 Å². The van der Waals surface area contributed by atoms with Gasteiger partial charge in [0.25, 0.3) is 5.91 Å². The molecule has 0 saturated carbocycles. The van der Waals surface area contributed by atoms with Gasteiger partial charge in [0.05, 0.1) is 17.5 Å². The third kappa shape index (κ3) is 4.91. The molecule has 35 heavy (non-hydrogen) atoms. The van der Waals surface area contributed by atoms with E-state index < -0.39 is 6.04 Å². The smallest absolute Gasteiger partial charge is 0.255 e. The number of hydrogen-bond donors (Lipinski definition) is 2. The molecule has 0 radical (unpaired) electrons. The van der Waals surface area contributed by atoms with Crippen LogP contribution < -0.4 is 10.6 Å². The molecule has 3 heterocycles. The molecule has 176 valence electrons. The lowest BCUT2D eigenvalue weighted by atomic mass is 9.95. The van der Waals surface area contributed by atoms with Crippen LogP contribution in [0.2, 0.25) is 10.0 Å². The van der Waals surface area contributed by atoms with Gasteiger partial charge in [0, 0.05) is 33.3 Å². The van der Waals surface area contributed by atoms with E-state index in [0.29, 0.717) is 43.9 Å². The van der Waals surface area contributed by atoms with Crippen LogP contribution in [0.5, 0.6) is 0 Å². The first-order chi connectivity index (χ1) is 17.0. The molecule has 7 nitrogen and oxygen atoms in total. The third-order valence-corrected chi connectivity index (χ3v) is 7.11. The van der Waals surface area contributed by atoms with Crippen molar-refractivity contribution in [1.82, 2.24) is 19.7 Å². The Bertz CT molecular complexity index is 1420. The predicted octanol–water partition coefficient (Wildman–Crippen LogP) is 6.20. The van der Waals surface area contributed by atoms with Crippen molar-refractivity contribution in [2.24, 2.45) is 0 Å². The molecule has 0 bridgehead atoms. The number of carbonyl (C=O) groups excluding carboxylic acids is 1. The molecule has 1 atom stereocenters. The largest absolute Gasteiger partial charge is 0.328 e. The molecule has 1 aliphatic heterocycles. The molecule has 5 rings (SSSR count). The molecule has 2 aromatic carbocycles. The first-order valence-corrected chi connectivity index (χ1v) is 12.5. The number of aromatic nitrogens is 4. The monoisotopic (exact) mass is 522 g/mol. The zero-order valence-electron chi connectivity index (χ0n) is 18.6. The fourth-order valence-corrected chi connectivity index (χ4v) is 5.22. The van der Waals surface area contributed by atoms with E-state index in [1.807, 2.05) is 49.4 Å². The maximum atomic E-state index is 13.5. The molecule has 1 aliphatic rings. The van der Waals surface area contributed by atoms with E-state index in [1.165, 1.54) is 11.8 Å². The van der Waals surface area contributed by atoms with Gasteiger partial charge in [0.1, 0.15) is 6.04 Å². The Labute approximate surface area is 216 Å². The van der Waals surface area contributed by atoms with Crippen LogP contribution in [0.4, 0.5) is 11.6 Å². The fraction of sp³-hybridized carbons (Fsp3) is 0.120. The number of nitrogens with zero attached hydrogens (tertiary/aromatic N) is 4. The fourth-order valence-electron chi connectivity index (χ4n) is 3.86. The summed E-state index contributed by atoms with van der Waals surface area (Å²) in [4.78, 5) is 22.2. The lowest BCUT2D eigenvalue weighted by Crippen LogP contribution is -2.31. The van der Waals surface area contributed by atoms with Gasteiger partial charge in [-0.15, -0.1) is 5.10 Å². The van der Waals surface area contributed by atoms with Gasteiger partial charge in [-0.1, -0.05) is 71.4 Å². The number of benzene rings is 2. The van der Waals surface area contributed by atoms with Crippen LogP contribution in [-0.2, 0) is 10.5 Å². The summed E-state index contributed by atoms with van der Waals surface area (Å²) >= 11 is 14.4. The van der Waals surface area contributed by atoms with E-state index in [9.17, 15) is 4.79 Å². The van der Waals surface area contributed by atoms with Gasteiger partial charge in [-0.3, -0.25) is 9.78 Å². The van der Waals surface area contributed by atoms with Gasteiger partial charge in [-0.2, -0.15) is 4.98 Å². The van der Waals surface area contributed by atoms with Crippen molar-refractivity contribution in [1.29, 1.82) is 0 Å². The highest BCUT2D eigenvalue weighted by Gasteiger charge is 2.35. The summed E-state index contributed by atoms with van der Waals surface area (Å²) in [7, 11) is 0. The average Bonchev–Trinajstić information content (AvgIpc) is 3.26. The van der Waals surface area contributed by atoms with Gasteiger partial charge < -0.3 is 10.6 Å². The van der Waals surface area contributed by atoms with Crippen LogP contribution in [0, 0.1) is 0 Å². The van der Waals surface area contributed by atoms with E-state index >= 15 is 0 Å². The molecule has 2 aromatic heterocycles. The Morgan fingerprint density at radius 2 is 1.86 bits per heavy atom. The van der Waals surface area contributed by atoms with Crippen LogP contribution in [0.1, 0.15) is 24.1 Å². The summed E-state index contributed by atoms with van der Waals surface area (Å²) in [5.74, 6) is 0.868. The number of hydrogen-bond acceptors (Lipinski definition) is 6. The highest BCUT2D eigenvalue weighted by Crippen LogP contribution is 2.39. The number of anilines is 2. The first-order valence-electron chi connectivity index (χ1n) is 10.8. The van der Waals surface area contributed by atoms with Gasteiger partial charge in [-0.25, -0.2) is 4.68 Å². The topological polar surface area (TPSA) is 84.7 Å². The van der Waals surface area contributed by atoms with Crippen LogP contribution in [0.15, 0.2) is 89.5 Å². The quantitative estimate of drug-likeness (QED) is 0.293. The second-order valence-electron chi connectivity index (χ2n) is 7.83. The summed E-state index contributed by atoms with van der Waals surface area (Å²) in [5.41, 5.74) is 3.49. The molecular formula is C25H20Cl2N6OS. The predicted molar refractivity (Wildman–Crippen MR) is 140 cm³/mol. The lowest BCUT2D eigenvalue weighted by molar-refractivity contribution is -0.113. The Kier molecular flexibility index (Phi) is 6.77. The van der Waals surface area contributed by atoms with Gasteiger partial charge in [0.15, 0.2) is 0 Å². The normalized spacial score (nSPS) is 14.9. The second kappa shape index (κ2) is 10.1. The number of pyridine rings is 1. The first kappa shape index (κ1) is 23.4. The molecule has 10 heteroatoms. The zero-order chi connectivity index (χ0) is 24.4. The summed E-state index contributed by atoms with van der Waals surface area (Å²) in [6, 6.07) is 18.1. The molecule has 0 spiro atoms. The second-order valence-corrected chi connectivity index (χ2v) is 9.58. The molecule has 1 unspecified atom stereocenters. The maximum Gasteiger partial charge on any atom is 0.255 e. The number of amides is 1. The highest BCUT2D eigenvalue weighted by atomic mass is 35.5. The summed E-state index contributed by atoms with van der Waals surface area (Å²) in [6.45, 7) is 1.84. The van der Waals surface area contributed by atoms with Gasteiger partial charge in [-0.05, 0) is 36.8 Å². The van der Waals surface area contributed by atoms with E-state index in [2.05, 4.69) is 20.6 Å². The number of rotatable bonds is 6. The van der Waals surface area contributed by atoms with E-state index in [0.717, 1.165) is 11.1 Å². The highest BCUT2D eigenvalue weighted by molar-refractivity contribution is 7.98. The van der Waals surface area contributed by atoms with Crippen LogP contribution in [-0.4, -0.2) is 25.7 Å². The van der Waals surface area contributed by atoms with E-state index in [-0.39, 0.29) is 5.91 Å². The van der Waals surface area contributed by atoms with Crippen molar-refractivity contribution in [2.45, 2.75) is 23.9 Å². The molecule has 1 amide bonds. The van der Waals surface area contributed by atoms with Crippen molar-refractivity contribution in [3.8, 4) is 0 Å². The van der Waals surface area contributed by atoms with Crippen LogP contribution in [0.25, 0.3) is 0 Å². The molecular weight excluding hydrogens is 503 g/mol. The minimum absolute atomic E-state index is 0.278. The van der Waals surface area contributed by atoms with Crippen LogP contribution >= 0.6 is 35.0 Å². The average molecular weight is 523 g/mol. The Balaban J connectivity index is 1.51. The molecule has 4 aromatic rings. The van der Waals surface area contributed by atoms with E-state index in [1.54, 1.807) is 35.3 Å². The Morgan fingerprint density at radius 3 is 2.60 bits per heavy atom. The SMILES string of the molecule is CC1=C(C(=O)Nc2cccnc2)C(c2ccccc2Cl)n2nc(SCc3ccccc3Cl)nc2N1. The number of halogens is 2. The summed E-state index contributed by atoms with van der Waals surface area (Å²) < 4.78 is 1.71. The Morgan fingerprint density at radius 1 is 1.09 bits per heavy atom. The zero-order valence-corrected chi connectivity index (χ0v) is 20.9. The number of fused-ring (bicyclic) bond motifs is 1. The molecule has 0 aliphatic carbocycles. The number of carbonyl (C=O) groups is 1. The molecule has 2 N–H and O–H groups in total. The van der Waals surface area contributed by atoms with Crippen molar-refractivity contribution < 1.29 is 4.79 Å². The number of thioether (sulfide) groups is 1. The summed E-state index contributed by atoms with van der Waals surface area (Å²) in [5, 5.41) is 12.7. The lowest BCUT2D eigenvalue weighted by Gasteiger charge is -2.29. The molecule has 0 fully saturated rings. The van der Waals surface area contributed by atoms with E-state index in [4.69, 9.17) is 28.3 Å². The van der Waals surface area contributed by atoms with Gasteiger partial charge in [0.2, 0.25) is 11.1 Å². The minimum atomic E-state index is -0.571. The number of allylic oxidation sites excluding steroid dienone is 1. The van der Waals surface area contributed by atoms with Crippen molar-refractivity contribution in [3.63, 3.8) is 0 Å². The molecule has 0 saturated heterocycles. The third-order valence-electron chi connectivity index (χ3n) is 5.51. The minimum Gasteiger partial charge on any atom is -0.328 e. The Hall–Kier alpha value is -3.33. The number of nitrogens with one attached hydrogen (secondary N) is 2. The van der Waals surface area contributed by atoms with Crippen molar-refractivity contribution in [3.05, 3.63) is 105 Å². The van der Waals surface area contributed by atoms with Crippen molar-refractivity contribution >= 4 is 52.5 Å². The summed E-state index contributed by atoms with van der Waals surface area (Å²) in [6.07, 6.45) is 3.25. The van der Waals surface area contributed by atoms with Crippen molar-refractivity contribution in [2.75, 3.05) is 10.6 Å².